The van der Waals surface area contributed by atoms with E-state index in [0.29, 0.717) is 5.75 Å². The molecule has 1 fully saturated rings. The second-order valence-corrected chi connectivity index (χ2v) is 9.34. The zero-order valence-electron chi connectivity index (χ0n) is 17.3. The van der Waals surface area contributed by atoms with E-state index in [1.807, 2.05) is 0 Å². The number of rotatable bonds is 8. The van der Waals surface area contributed by atoms with Gasteiger partial charge in [-0.05, 0) is 39.0 Å². The van der Waals surface area contributed by atoms with Gasteiger partial charge in [0.15, 0.2) is 11.9 Å². The van der Waals surface area contributed by atoms with E-state index in [1.54, 1.807) is 44.2 Å². The maximum Gasteiger partial charge on any atom is 0.459 e. The molecule has 1 aromatic carbocycles. The van der Waals surface area contributed by atoms with Crippen LogP contribution in [0.15, 0.2) is 47.4 Å². The van der Waals surface area contributed by atoms with E-state index in [-0.39, 0.29) is 11.9 Å². The normalized spacial score (nSPS) is 27.9. The molecule has 0 spiro atoms. The van der Waals surface area contributed by atoms with Gasteiger partial charge in [-0.25, -0.2) is 18.8 Å². The highest BCUT2D eigenvalue weighted by molar-refractivity contribution is 7.52. The zero-order chi connectivity index (χ0) is 22.8. The number of aliphatic hydroxyl groups is 1. The highest BCUT2D eigenvalue weighted by Gasteiger charge is 2.55. The zero-order valence-corrected chi connectivity index (χ0v) is 18.2. The van der Waals surface area contributed by atoms with Crippen molar-refractivity contribution in [1.82, 2.24) is 14.6 Å². The summed E-state index contributed by atoms with van der Waals surface area (Å²) in [4.78, 5) is 15.7. The van der Waals surface area contributed by atoms with Crippen LogP contribution in [0.5, 0.6) is 5.75 Å². The molecule has 4 N–H and O–H groups in total. The van der Waals surface area contributed by atoms with Crippen LogP contribution in [0, 0.1) is 0 Å². The number of nitrogens with one attached hydrogen (secondary N) is 1. The van der Waals surface area contributed by atoms with Crippen LogP contribution in [0.4, 0.5) is 10.2 Å². The van der Waals surface area contributed by atoms with E-state index in [2.05, 4.69) is 10.1 Å². The molecule has 5 atom stereocenters. The monoisotopic (exact) mass is 456 g/mol. The van der Waals surface area contributed by atoms with Crippen LogP contribution in [0.1, 0.15) is 27.0 Å². The Bertz CT molecular complexity index is 1000. The third-order valence-corrected chi connectivity index (χ3v) is 6.39. The van der Waals surface area contributed by atoms with Crippen LogP contribution >= 0.6 is 7.75 Å². The lowest BCUT2D eigenvalue weighted by atomic mass is 9.98. The first kappa shape index (κ1) is 23.4. The van der Waals surface area contributed by atoms with Crippen molar-refractivity contribution in [3.05, 3.63) is 53.1 Å². The number of benzene rings is 1. The lowest BCUT2D eigenvalue weighted by molar-refractivity contribution is -0.0592. The number of nitrogens with two attached hydrogens (primary N) is 1. The quantitative estimate of drug-likeness (QED) is 0.509. The second kappa shape index (κ2) is 9.05. The standard InChI is InChI=1S/C19H26FN4O6P/c1-12(2)23-31(27,30-13-7-5-4-6-8-13)28-11-14-16(25)19(3,20)17(29-14)24-10-9-15(21)22-18(24)26/h4-10,12,14,16-17,25H,11H2,1-3H3,(H,23,27)(H2,21,22,26)/t14-,16+,17-,19-,31?/m1/s1. The van der Waals surface area contributed by atoms with Crippen LogP contribution < -0.4 is 21.0 Å². The van der Waals surface area contributed by atoms with Gasteiger partial charge in [-0.15, -0.1) is 0 Å². The fourth-order valence-corrected chi connectivity index (χ4v) is 4.71. The van der Waals surface area contributed by atoms with Crippen molar-refractivity contribution in [1.29, 1.82) is 0 Å². The molecule has 2 heterocycles. The van der Waals surface area contributed by atoms with Gasteiger partial charge in [-0.1, -0.05) is 18.2 Å². The summed E-state index contributed by atoms with van der Waals surface area (Å²) in [5.41, 5.74) is 2.28. The van der Waals surface area contributed by atoms with E-state index >= 15 is 4.39 Å². The van der Waals surface area contributed by atoms with E-state index < -0.39 is 44.1 Å². The first-order valence-electron chi connectivity index (χ1n) is 9.66. The molecule has 0 amide bonds. The Hall–Kier alpha value is -2.30. The minimum absolute atomic E-state index is 0.0287. The minimum atomic E-state index is -3.89. The fraction of sp³-hybridized carbons (Fsp3) is 0.474. The molecule has 2 aromatic rings. The number of halogens is 1. The summed E-state index contributed by atoms with van der Waals surface area (Å²) in [6.07, 6.45) is -3.16. The number of hydrogen-bond acceptors (Lipinski definition) is 8. The first-order chi connectivity index (χ1) is 14.5. The fourth-order valence-electron chi connectivity index (χ4n) is 3.15. The Balaban J connectivity index is 1.77. The van der Waals surface area contributed by atoms with Gasteiger partial charge in [0, 0.05) is 12.2 Å². The van der Waals surface area contributed by atoms with Gasteiger partial charge in [0.25, 0.3) is 0 Å². The van der Waals surface area contributed by atoms with Gasteiger partial charge in [0.2, 0.25) is 0 Å². The van der Waals surface area contributed by atoms with Gasteiger partial charge >= 0.3 is 13.4 Å². The summed E-state index contributed by atoms with van der Waals surface area (Å²) >= 11 is 0. The van der Waals surface area contributed by atoms with Gasteiger partial charge in [-0.2, -0.15) is 4.98 Å². The number of alkyl halides is 1. The van der Waals surface area contributed by atoms with Crippen LogP contribution in [-0.4, -0.2) is 45.2 Å². The lowest BCUT2D eigenvalue weighted by Gasteiger charge is -2.25. The summed E-state index contributed by atoms with van der Waals surface area (Å²) in [6, 6.07) is 9.44. The van der Waals surface area contributed by atoms with Crippen molar-refractivity contribution in [2.24, 2.45) is 0 Å². The Morgan fingerprint density at radius 2 is 2.06 bits per heavy atom. The Labute approximate surface area is 178 Å². The van der Waals surface area contributed by atoms with E-state index in [0.717, 1.165) is 11.5 Å². The number of aliphatic hydroxyl groups excluding tert-OH is 1. The molecule has 1 unspecified atom stereocenters. The van der Waals surface area contributed by atoms with Crippen LogP contribution in [-0.2, 0) is 13.8 Å². The van der Waals surface area contributed by atoms with E-state index in [1.165, 1.54) is 12.3 Å². The number of aromatic nitrogens is 2. The topological polar surface area (TPSA) is 138 Å². The number of ether oxygens (including phenoxy) is 1. The number of hydrogen-bond donors (Lipinski definition) is 3. The Kier molecular flexibility index (Phi) is 6.82. The predicted octanol–water partition coefficient (Wildman–Crippen LogP) is 2.01. The molecule has 3 rings (SSSR count). The molecule has 1 saturated heterocycles. The maximum atomic E-state index is 15.3. The Morgan fingerprint density at radius 1 is 1.39 bits per heavy atom. The van der Waals surface area contributed by atoms with Crippen molar-refractivity contribution >= 4 is 13.6 Å². The van der Waals surface area contributed by atoms with Crippen molar-refractivity contribution < 1.29 is 27.8 Å². The van der Waals surface area contributed by atoms with Crippen molar-refractivity contribution in [3.63, 3.8) is 0 Å². The molecule has 10 nitrogen and oxygen atoms in total. The van der Waals surface area contributed by atoms with Gasteiger partial charge < -0.3 is 20.1 Å². The second-order valence-electron chi connectivity index (χ2n) is 7.65. The summed E-state index contributed by atoms with van der Waals surface area (Å²) < 4.78 is 46.0. The molecule has 12 heteroatoms. The van der Waals surface area contributed by atoms with Crippen molar-refractivity contribution in [2.45, 2.75) is 50.9 Å². The molecule has 1 aromatic heterocycles. The highest BCUT2D eigenvalue weighted by atomic mass is 31.2. The summed E-state index contributed by atoms with van der Waals surface area (Å²) in [5.74, 6) is 0.276. The van der Waals surface area contributed by atoms with Crippen LogP contribution in [0.3, 0.4) is 0 Å². The number of para-hydroxylation sites is 1. The number of anilines is 1. The largest absolute Gasteiger partial charge is 0.459 e. The molecule has 0 aliphatic carbocycles. The molecule has 170 valence electrons. The van der Waals surface area contributed by atoms with Crippen molar-refractivity contribution in [2.75, 3.05) is 12.3 Å². The Morgan fingerprint density at radius 3 is 2.68 bits per heavy atom. The maximum absolute atomic E-state index is 15.3. The third-order valence-electron chi connectivity index (χ3n) is 4.62. The number of nitrogens with zero attached hydrogens (tertiary/aromatic N) is 2. The SMILES string of the molecule is CC(C)NP(=O)(OC[C@H]1O[C@@H](n2ccc(N)nc2=O)[C@](C)(F)[C@H]1O)Oc1ccccc1. The first-order valence-corrected chi connectivity index (χ1v) is 11.2. The summed E-state index contributed by atoms with van der Waals surface area (Å²) in [7, 11) is -3.89. The van der Waals surface area contributed by atoms with Crippen LogP contribution in [0.2, 0.25) is 0 Å². The van der Waals surface area contributed by atoms with E-state index in [4.69, 9.17) is 19.5 Å². The lowest BCUT2D eigenvalue weighted by Crippen LogP contribution is -2.43. The third kappa shape index (κ3) is 5.31. The molecule has 31 heavy (non-hydrogen) atoms. The molecular formula is C19H26FN4O6P. The average molecular weight is 456 g/mol. The molecule has 1 aliphatic heterocycles. The summed E-state index contributed by atoms with van der Waals surface area (Å²) in [6.45, 7) is 4.14. The molecule has 0 radical (unpaired) electrons. The molecular weight excluding hydrogens is 430 g/mol. The molecule has 0 bridgehead atoms. The van der Waals surface area contributed by atoms with Gasteiger partial charge in [-0.3, -0.25) is 9.09 Å². The van der Waals surface area contributed by atoms with Gasteiger partial charge in [0.05, 0.1) is 6.61 Å². The average Bonchev–Trinajstić information content (AvgIpc) is 2.90. The minimum Gasteiger partial charge on any atom is -0.413 e. The summed E-state index contributed by atoms with van der Waals surface area (Å²) in [5, 5.41) is 13.2. The predicted molar refractivity (Wildman–Crippen MR) is 111 cm³/mol. The van der Waals surface area contributed by atoms with Crippen molar-refractivity contribution in [3.8, 4) is 5.75 Å². The molecule has 1 aliphatic rings. The number of nitrogen functional groups attached to an aromatic ring is 1. The van der Waals surface area contributed by atoms with Crippen LogP contribution in [0.25, 0.3) is 0 Å². The van der Waals surface area contributed by atoms with Gasteiger partial charge in [0.1, 0.15) is 23.8 Å². The molecule has 0 saturated carbocycles. The highest BCUT2D eigenvalue weighted by Crippen LogP contribution is 2.47. The smallest absolute Gasteiger partial charge is 0.413 e. The van der Waals surface area contributed by atoms with E-state index in [9.17, 15) is 14.5 Å².